The van der Waals surface area contributed by atoms with Crippen molar-refractivity contribution in [2.24, 2.45) is 0 Å². The molecule has 0 aromatic heterocycles. The van der Waals surface area contributed by atoms with Crippen molar-refractivity contribution in [1.29, 1.82) is 0 Å². The summed E-state index contributed by atoms with van der Waals surface area (Å²) in [6.07, 6.45) is -0.977. The molecule has 9 heteroatoms. The maximum absolute atomic E-state index is 12.6. The Morgan fingerprint density at radius 2 is 1.68 bits per heavy atom. The highest BCUT2D eigenvalue weighted by Crippen LogP contribution is 2.16. The highest BCUT2D eigenvalue weighted by Gasteiger charge is 2.33. The molecule has 154 valence electrons. The third-order valence-electron chi connectivity index (χ3n) is 4.05. The molecule has 28 heavy (non-hydrogen) atoms. The molecule has 8 nitrogen and oxygen atoms in total. The first kappa shape index (κ1) is 22.3. The molecule has 0 heterocycles. The molecule has 2 aromatic rings. The van der Waals surface area contributed by atoms with E-state index in [4.69, 9.17) is 4.74 Å². The van der Waals surface area contributed by atoms with Crippen LogP contribution >= 0.6 is 0 Å². The summed E-state index contributed by atoms with van der Waals surface area (Å²) in [6.45, 7) is -1.29. The first-order valence-electron chi connectivity index (χ1n) is 8.72. The molecule has 2 rings (SSSR count). The molecule has 2 atom stereocenters. The van der Waals surface area contributed by atoms with Crippen LogP contribution in [0.5, 0.6) is 5.75 Å². The minimum atomic E-state index is -3.83. The number of hydrogen-bond acceptors (Lipinski definition) is 7. The number of hydrogen-bond donors (Lipinski definition) is 4. The van der Waals surface area contributed by atoms with Gasteiger partial charge in [0.05, 0.1) is 18.0 Å². The molecule has 0 unspecified atom stereocenters. The van der Waals surface area contributed by atoms with Gasteiger partial charge in [-0.1, -0.05) is 36.4 Å². The van der Waals surface area contributed by atoms with Gasteiger partial charge in [0.2, 0.25) is 10.0 Å². The van der Waals surface area contributed by atoms with Crippen LogP contribution in [-0.4, -0.2) is 73.2 Å². The normalized spacial score (nSPS) is 15.2. The summed E-state index contributed by atoms with van der Waals surface area (Å²) >= 11 is 0. The maximum Gasteiger partial charge on any atom is 0.242 e. The van der Waals surface area contributed by atoms with Crippen LogP contribution in [0.15, 0.2) is 65.6 Å². The number of rotatable bonds is 11. The SMILES string of the molecule is CN(C[C@](O)(CO)NC[C@H](O)COc1ccccc1)S(=O)(=O)c1ccccc1. The maximum atomic E-state index is 12.6. The van der Waals surface area contributed by atoms with Crippen molar-refractivity contribution >= 4 is 10.0 Å². The molecule has 2 aromatic carbocycles. The molecule has 0 radical (unpaired) electrons. The zero-order valence-electron chi connectivity index (χ0n) is 15.6. The second-order valence-electron chi connectivity index (χ2n) is 6.42. The fourth-order valence-electron chi connectivity index (χ4n) is 2.46. The number of aliphatic hydroxyl groups excluding tert-OH is 2. The summed E-state index contributed by atoms with van der Waals surface area (Å²) in [5.74, 6) is 0.590. The fourth-order valence-corrected chi connectivity index (χ4v) is 3.71. The summed E-state index contributed by atoms with van der Waals surface area (Å²) in [5.41, 5.74) is -1.93. The van der Waals surface area contributed by atoms with Crippen molar-refractivity contribution in [2.45, 2.75) is 16.7 Å². The quantitative estimate of drug-likeness (QED) is 0.386. The Hall–Kier alpha value is -2.01. The molecular formula is C19H26N2O6S. The number of benzene rings is 2. The zero-order chi connectivity index (χ0) is 20.6. The smallest absolute Gasteiger partial charge is 0.242 e. The molecule has 0 spiro atoms. The molecular weight excluding hydrogens is 384 g/mol. The predicted octanol–water partition coefficient (Wildman–Crippen LogP) is 0.0175. The van der Waals surface area contributed by atoms with E-state index in [-0.39, 0.29) is 18.0 Å². The summed E-state index contributed by atoms with van der Waals surface area (Å²) in [5, 5.41) is 32.7. The van der Waals surface area contributed by atoms with Gasteiger partial charge in [-0.3, -0.25) is 5.32 Å². The topological polar surface area (TPSA) is 119 Å². The van der Waals surface area contributed by atoms with Crippen molar-refractivity contribution in [2.75, 3.05) is 33.4 Å². The molecule has 0 aliphatic rings. The van der Waals surface area contributed by atoms with Crippen molar-refractivity contribution < 1.29 is 28.5 Å². The molecule has 0 saturated heterocycles. The van der Waals surface area contributed by atoms with Gasteiger partial charge in [-0.25, -0.2) is 8.42 Å². The molecule has 4 N–H and O–H groups in total. The highest BCUT2D eigenvalue weighted by molar-refractivity contribution is 7.89. The lowest BCUT2D eigenvalue weighted by molar-refractivity contribution is -0.0594. The lowest BCUT2D eigenvalue weighted by atomic mass is 10.2. The second kappa shape index (κ2) is 9.97. The van der Waals surface area contributed by atoms with Gasteiger partial charge in [0, 0.05) is 13.6 Å². The van der Waals surface area contributed by atoms with Gasteiger partial charge < -0.3 is 20.1 Å². The van der Waals surface area contributed by atoms with Crippen molar-refractivity contribution in [1.82, 2.24) is 9.62 Å². The number of para-hydroxylation sites is 1. The summed E-state index contributed by atoms with van der Waals surface area (Å²) in [4.78, 5) is 0.0779. The van der Waals surface area contributed by atoms with Gasteiger partial charge in [0.25, 0.3) is 0 Å². The van der Waals surface area contributed by atoms with Crippen LogP contribution in [0.4, 0.5) is 0 Å². The average molecular weight is 410 g/mol. The minimum Gasteiger partial charge on any atom is -0.491 e. The van der Waals surface area contributed by atoms with Crippen LogP contribution in [-0.2, 0) is 10.0 Å². The highest BCUT2D eigenvalue weighted by atomic mass is 32.2. The lowest BCUT2D eigenvalue weighted by Crippen LogP contribution is -2.58. The minimum absolute atomic E-state index is 0.0311. The standard InChI is InChI=1S/C19H26N2O6S/c1-21(28(25,26)18-10-6-3-7-11-18)14-19(24,15-22)20-12-16(23)13-27-17-8-4-2-5-9-17/h2-11,16,20,22-24H,12-15H2,1H3/t16-,19-/m0/s1. The van der Waals surface area contributed by atoms with E-state index in [9.17, 15) is 23.7 Å². The van der Waals surface area contributed by atoms with Crippen LogP contribution in [0, 0.1) is 0 Å². The molecule has 0 saturated carbocycles. The number of ether oxygens (including phenoxy) is 1. The molecule has 0 aliphatic heterocycles. The largest absolute Gasteiger partial charge is 0.491 e. The summed E-state index contributed by atoms with van der Waals surface area (Å²) in [6, 6.07) is 16.7. The Bertz CT molecular complexity index is 819. The van der Waals surface area contributed by atoms with Crippen LogP contribution in [0.2, 0.25) is 0 Å². The average Bonchev–Trinajstić information content (AvgIpc) is 2.72. The van der Waals surface area contributed by atoms with Crippen LogP contribution in [0.3, 0.4) is 0 Å². The van der Waals surface area contributed by atoms with Crippen LogP contribution < -0.4 is 10.1 Å². The number of sulfonamides is 1. The van der Waals surface area contributed by atoms with Gasteiger partial charge in [-0.15, -0.1) is 0 Å². The lowest BCUT2D eigenvalue weighted by Gasteiger charge is -2.32. The van der Waals surface area contributed by atoms with E-state index in [1.165, 1.54) is 19.2 Å². The Kier molecular flexibility index (Phi) is 7.93. The Balaban J connectivity index is 1.91. The Morgan fingerprint density at radius 3 is 2.25 bits per heavy atom. The van der Waals surface area contributed by atoms with Gasteiger partial charge >= 0.3 is 0 Å². The second-order valence-corrected chi connectivity index (χ2v) is 8.47. The van der Waals surface area contributed by atoms with E-state index < -0.39 is 35.0 Å². The third-order valence-corrected chi connectivity index (χ3v) is 5.87. The van der Waals surface area contributed by atoms with Crippen LogP contribution in [0.1, 0.15) is 0 Å². The summed E-state index contributed by atoms with van der Waals surface area (Å²) < 4.78 is 31.5. The van der Waals surface area contributed by atoms with E-state index in [1.54, 1.807) is 42.5 Å². The van der Waals surface area contributed by atoms with Gasteiger partial charge in [-0.2, -0.15) is 4.31 Å². The first-order valence-corrected chi connectivity index (χ1v) is 10.2. The summed E-state index contributed by atoms with van der Waals surface area (Å²) in [7, 11) is -2.53. The Labute approximate surface area is 165 Å². The van der Waals surface area contributed by atoms with Gasteiger partial charge in [-0.05, 0) is 24.3 Å². The van der Waals surface area contributed by atoms with E-state index >= 15 is 0 Å². The van der Waals surface area contributed by atoms with E-state index in [0.717, 1.165) is 4.31 Å². The zero-order valence-corrected chi connectivity index (χ0v) is 16.4. The van der Waals surface area contributed by atoms with Gasteiger partial charge in [0.1, 0.15) is 18.5 Å². The van der Waals surface area contributed by atoms with E-state index in [0.29, 0.717) is 5.75 Å². The van der Waals surface area contributed by atoms with E-state index in [2.05, 4.69) is 5.32 Å². The number of nitrogens with zero attached hydrogens (tertiary/aromatic N) is 1. The number of nitrogens with one attached hydrogen (secondary N) is 1. The first-order chi connectivity index (χ1) is 13.3. The Morgan fingerprint density at radius 1 is 1.11 bits per heavy atom. The molecule has 0 fully saturated rings. The van der Waals surface area contributed by atoms with Crippen molar-refractivity contribution in [3.05, 3.63) is 60.7 Å². The fraction of sp³-hybridized carbons (Fsp3) is 0.368. The monoisotopic (exact) mass is 410 g/mol. The van der Waals surface area contributed by atoms with Crippen molar-refractivity contribution in [3.8, 4) is 5.75 Å². The number of aliphatic hydroxyl groups is 3. The third kappa shape index (κ3) is 6.26. The van der Waals surface area contributed by atoms with Gasteiger partial charge in [0.15, 0.2) is 5.72 Å². The molecule has 0 aliphatic carbocycles. The molecule has 0 bridgehead atoms. The predicted molar refractivity (Wildman–Crippen MR) is 104 cm³/mol. The van der Waals surface area contributed by atoms with Crippen LogP contribution in [0.25, 0.3) is 0 Å². The van der Waals surface area contributed by atoms with E-state index in [1.807, 2.05) is 6.07 Å². The molecule has 0 amide bonds. The number of likely N-dealkylation sites (N-methyl/N-ethyl adjacent to an activating group) is 1. The van der Waals surface area contributed by atoms with Crippen molar-refractivity contribution in [3.63, 3.8) is 0 Å².